The lowest BCUT2D eigenvalue weighted by atomic mass is 9.44. The van der Waals surface area contributed by atoms with Crippen molar-refractivity contribution in [3.05, 3.63) is 23.8 Å². The van der Waals surface area contributed by atoms with E-state index in [1.165, 1.54) is 12.2 Å². The van der Waals surface area contributed by atoms with Gasteiger partial charge in [0.05, 0.1) is 18.6 Å². The van der Waals surface area contributed by atoms with Crippen molar-refractivity contribution in [2.45, 2.75) is 63.8 Å². The second kappa shape index (κ2) is 7.31. The molecule has 0 saturated heterocycles. The number of esters is 1. The Kier molecular flexibility index (Phi) is 5.02. The summed E-state index contributed by atoms with van der Waals surface area (Å²) in [5.41, 5.74) is -5.40. The molecule has 34 heavy (non-hydrogen) atoms. The lowest BCUT2D eigenvalue weighted by Crippen LogP contribution is -2.69. The van der Waals surface area contributed by atoms with Gasteiger partial charge < -0.3 is 19.8 Å². The molecule has 5 rings (SSSR count). The molecule has 2 N–H and O–H groups in total. The Morgan fingerprint density at radius 2 is 2.06 bits per heavy atom. The minimum atomic E-state index is -2.08. The second-order valence-corrected chi connectivity index (χ2v) is 10.7. The Morgan fingerprint density at radius 3 is 2.74 bits per heavy atom. The number of ether oxygens (including phenoxy) is 1. The number of ketones is 2. The summed E-state index contributed by atoms with van der Waals surface area (Å²) in [7, 11) is 0. The molecule has 3 fully saturated rings. The van der Waals surface area contributed by atoms with Crippen LogP contribution in [0.3, 0.4) is 0 Å². The van der Waals surface area contributed by atoms with E-state index in [1.54, 1.807) is 26.8 Å². The van der Waals surface area contributed by atoms with Crippen molar-refractivity contribution in [3.8, 4) is 0 Å². The number of carbonyl (C=O) groups is 3. The van der Waals surface area contributed by atoms with Crippen molar-refractivity contribution < 1.29 is 38.6 Å². The van der Waals surface area contributed by atoms with Gasteiger partial charge in [-0.2, -0.15) is 0 Å². The highest BCUT2D eigenvalue weighted by Gasteiger charge is 2.80. The maximum atomic E-state index is 17.3. The molecule has 5 aliphatic rings. The van der Waals surface area contributed by atoms with Crippen LogP contribution in [0.25, 0.3) is 0 Å². The molecule has 4 aliphatic carbocycles. The number of Topliss-reactive ketones (excluding diaryl/α,β-unsaturated/α-hetero) is 1. The van der Waals surface area contributed by atoms with Gasteiger partial charge in [0, 0.05) is 16.7 Å². The lowest BCUT2D eigenvalue weighted by Gasteiger charge is -2.62. The van der Waals surface area contributed by atoms with E-state index < -0.39 is 64.3 Å². The van der Waals surface area contributed by atoms with Crippen molar-refractivity contribution in [2.75, 3.05) is 13.2 Å². The molecule has 0 amide bonds. The molecule has 9 heteroatoms. The van der Waals surface area contributed by atoms with Crippen molar-refractivity contribution >= 4 is 23.2 Å². The molecule has 0 bridgehead atoms. The molecule has 0 aromatic carbocycles. The fraction of sp³-hybridized carbons (Fsp3) is 0.680. The number of hydrogen-bond donors (Lipinski definition) is 2. The van der Waals surface area contributed by atoms with E-state index in [1.807, 2.05) is 0 Å². The molecule has 2 unspecified atom stereocenters. The molecule has 0 aromatic heterocycles. The van der Waals surface area contributed by atoms with Crippen LogP contribution in [0.2, 0.25) is 0 Å². The van der Waals surface area contributed by atoms with Crippen molar-refractivity contribution in [1.29, 1.82) is 0 Å². The molecule has 184 valence electrons. The number of hydrogen-bond acceptors (Lipinski definition) is 8. The first kappa shape index (κ1) is 23.4. The monoisotopic (exact) mass is 475 g/mol. The minimum Gasteiger partial charge on any atom is -0.461 e. The number of nitrogens with zero attached hydrogens (tertiary/aromatic N) is 1. The minimum absolute atomic E-state index is 0.0380. The highest BCUT2D eigenvalue weighted by molar-refractivity contribution is 6.38. The SMILES string of the molecule is CCOC(=O)C1=NO[C@]2(C(=O)CO)[C@H]1CC1C3CCC4=CC(=O)C=C[C@]4(C)[C@@]3(F)[C@@H](O)C[C@@]12C. The van der Waals surface area contributed by atoms with Crippen LogP contribution in [0.5, 0.6) is 0 Å². The van der Waals surface area contributed by atoms with Gasteiger partial charge in [-0.25, -0.2) is 9.18 Å². The van der Waals surface area contributed by atoms with Crippen LogP contribution in [0.1, 0.15) is 46.5 Å². The van der Waals surface area contributed by atoms with E-state index in [2.05, 4.69) is 5.16 Å². The summed E-state index contributed by atoms with van der Waals surface area (Å²) < 4.78 is 22.4. The van der Waals surface area contributed by atoms with E-state index in [9.17, 15) is 24.6 Å². The number of carbonyl (C=O) groups excluding carboxylic acids is 3. The van der Waals surface area contributed by atoms with Crippen molar-refractivity contribution in [1.82, 2.24) is 0 Å². The van der Waals surface area contributed by atoms with E-state index in [-0.39, 0.29) is 30.9 Å². The Morgan fingerprint density at radius 1 is 1.32 bits per heavy atom. The van der Waals surface area contributed by atoms with E-state index in [4.69, 9.17) is 9.57 Å². The Bertz CT molecular complexity index is 1070. The third-order valence-electron chi connectivity index (χ3n) is 9.52. The normalized spacial score (nSPS) is 46.4. The summed E-state index contributed by atoms with van der Waals surface area (Å²) in [5, 5.41) is 25.2. The van der Waals surface area contributed by atoms with Gasteiger partial charge in [-0.1, -0.05) is 23.7 Å². The number of allylic oxidation sites excluding steroid dienone is 4. The number of fused-ring (bicyclic) bond motifs is 7. The van der Waals surface area contributed by atoms with Crippen LogP contribution in [-0.2, 0) is 24.0 Å². The first-order valence-corrected chi connectivity index (χ1v) is 11.9. The zero-order chi connectivity index (χ0) is 24.7. The summed E-state index contributed by atoms with van der Waals surface area (Å²) in [4.78, 5) is 43.6. The van der Waals surface area contributed by atoms with Gasteiger partial charge >= 0.3 is 5.97 Å². The smallest absolute Gasteiger partial charge is 0.356 e. The van der Waals surface area contributed by atoms with Gasteiger partial charge in [-0.3, -0.25) is 9.59 Å². The maximum absolute atomic E-state index is 17.3. The zero-order valence-corrected chi connectivity index (χ0v) is 19.5. The van der Waals surface area contributed by atoms with Crippen LogP contribution in [0, 0.1) is 28.6 Å². The van der Waals surface area contributed by atoms with E-state index >= 15 is 4.39 Å². The number of aliphatic hydroxyl groups excluding tert-OH is 2. The average molecular weight is 476 g/mol. The number of aliphatic hydroxyl groups is 2. The fourth-order valence-corrected chi connectivity index (χ4v) is 7.96. The highest BCUT2D eigenvalue weighted by Crippen LogP contribution is 2.72. The molecule has 8 nitrogen and oxygen atoms in total. The predicted molar refractivity (Wildman–Crippen MR) is 117 cm³/mol. The van der Waals surface area contributed by atoms with Crippen LogP contribution in [0.4, 0.5) is 4.39 Å². The van der Waals surface area contributed by atoms with Gasteiger partial charge in [0.25, 0.3) is 0 Å². The van der Waals surface area contributed by atoms with Crippen LogP contribution in [-0.4, -0.2) is 64.0 Å². The first-order chi connectivity index (χ1) is 16.0. The first-order valence-electron chi connectivity index (χ1n) is 11.9. The van der Waals surface area contributed by atoms with Gasteiger partial charge in [0.15, 0.2) is 17.2 Å². The fourth-order valence-electron chi connectivity index (χ4n) is 7.96. The topological polar surface area (TPSA) is 122 Å². The summed E-state index contributed by atoms with van der Waals surface area (Å²) in [6, 6.07) is 0. The summed E-state index contributed by atoms with van der Waals surface area (Å²) in [6.45, 7) is 4.42. The number of alkyl halides is 1. The molecule has 0 spiro atoms. The average Bonchev–Trinajstić information content (AvgIpc) is 3.29. The van der Waals surface area contributed by atoms with Gasteiger partial charge in [0.2, 0.25) is 11.4 Å². The molecule has 0 aromatic rings. The molecule has 0 radical (unpaired) electrons. The standard InChI is InChI=1S/C25H30FNO7/c1-4-33-21(32)20-17-10-16-15-6-5-13-9-14(29)7-8-22(13,2)24(15,26)18(30)11-23(16,3)25(17,34-27-20)19(31)12-28/h7-9,15-18,28,30H,4-6,10-12H2,1-3H3/t15?,16?,17-,18-,22-,23-,24-,25-/m0/s1. The van der Waals surface area contributed by atoms with Crippen molar-refractivity contribution in [3.63, 3.8) is 0 Å². The quantitative estimate of drug-likeness (QED) is 0.595. The second-order valence-electron chi connectivity index (χ2n) is 10.7. The largest absolute Gasteiger partial charge is 0.461 e. The summed E-state index contributed by atoms with van der Waals surface area (Å²) in [5.74, 6) is -3.47. The molecule has 3 saturated carbocycles. The van der Waals surface area contributed by atoms with Gasteiger partial charge in [0.1, 0.15) is 6.61 Å². The lowest BCUT2D eigenvalue weighted by molar-refractivity contribution is -0.225. The summed E-state index contributed by atoms with van der Waals surface area (Å²) >= 11 is 0. The predicted octanol–water partition coefficient (Wildman–Crippen LogP) is 1.83. The molecule has 1 heterocycles. The molecule has 8 atom stereocenters. The van der Waals surface area contributed by atoms with Crippen LogP contribution < -0.4 is 0 Å². The van der Waals surface area contributed by atoms with Gasteiger partial charge in [-0.15, -0.1) is 0 Å². The zero-order valence-electron chi connectivity index (χ0n) is 19.5. The third-order valence-corrected chi connectivity index (χ3v) is 9.52. The molecule has 1 aliphatic heterocycles. The number of halogens is 1. The summed E-state index contributed by atoms with van der Waals surface area (Å²) in [6.07, 6.45) is 3.88. The van der Waals surface area contributed by atoms with Crippen molar-refractivity contribution in [2.24, 2.45) is 33.7 Å². The van der Waals surface area contributed by atoms with Gasteiger partial charge in [-0.05, 0) is 57.6 Å². The van der Waals surface area contributed by atoms with E-state index in [0.717, 1.165) is 0 Å². The Labute approximate surface area is 196 Å². The van der Waals surface area contributed by atoms with Crippen LogP contribution >= 0.6 is 0 Å². The third kappa shape index (κ3) is 2.49. The highest BCUT2D eigenvalue weighted by atomic mass is 19.1. The molecular formula is C25H30FNO7. The number of oxime groups is 1. The van der Waals surface area contributed by atoms with Crippen LogP contribution in [0.15, 0.2) is 29.0 Å². The molecular weight excluding hydrogens is 445 g/mol. The maximum Gasteiger partial charge on any atom is 0.356 e. The van der Waals surface area contributed by atoms with E-state index in [0.29, 0.717) is 18.4 Å². The Balaban J connectivity index is 1.63. The Hall–Kier alpha value is -2.39. The number of rotatable bonds is 4.